The molecular weight excluding hydrogens is 444 g/mol. The van der Waals surface area contributed by atoms with E-state index in [1.54, 1.807) is 24.3 Å². The molecule has 0 unspecified atom stereocenters. The number of aromatic amines is 1. The zero-order chi connectivity index (χ0) is 23.6. The Bertz CT molecular complexity index is 1530. The fraction of sp³-hybridized carbons (Fsp3) is 0.182. The SMILES string of the molecule is CCCn1c(C#N)nc2cc(-c3ccc(NS(=O)(=O)c4cccc(OC)c4)nc3)[nH]c2c1=O. The predicted octanol–water partition coefficient (Wildman–Crippen LogP) is 2.88. The highest BCUT2D eigenvalue weighted by Crippen LogP contribution is 2.24. The normalized spacial score (nSPS) is 11.3. The van der Waals surface area contributed by atoms with Crippen molar-refractivity contribution in [3.63, 3.8) is 0 Å². The van der Waals surface area contributed by atoms with Crippen LogP contribution in [0.4, 0.5) is 5.82 Å². The van der Waals surface area contributed by atoms with Crippen molar-refractivity contribution >= 4 is 26.9 Å². The first kappa shape index (κ1) is 22.0. The molecular formula is C22H20N6O4S. The lowest BCUT2D eigenvalue weighted by atomic mass is 10.2. The summed E-state index contributed by atoms with van der Waals surface area (Å²) in [5.74, 6) is 0.611. The van der Waals surface area contributed by atoms with Gasteiger partial charge in [0.25, 0.3) is 15.6 Å². The number of rotatable bonds is 7. The minimum absolute atomic E-state index is 0.0473. The maximum absolute atomic E-state index is 12.8. The molecule has 0 aliphatic rings. The summed E-state index contributed by atoms with van der Waals surface area (Å²) in [5, 5.41) is 9.33. The number of ether oxygens (including phenoxy) is 1. The van der Waals surface area contributed by atoms with Crippen LogP contribution in [-0.4, -0.2) is 35.0 Å². The van der Waals surface area contributed by atoms with Crippen LogP contribution in [0, 0.1) is 11.3 Å². The number of nitrogens with zero attached hydrogens (tertiary/aromatic N) is 4. The van der Waals surface area contributed by atoms with Gasteiger partial charge in [-0.2, -0.15) is 5.26 Å². The molecule has 0 bridgehead atoms. The number of nitrogens with one attached hydrogen (secondary N) is 2. The Morgan fingerprint density at radius 2 is 2.06 bits per heavy atom. The minimum atomic E-state index is -3.85. The molecule has 33 heavy (non-hydrogen) atoms. The number of benzene rings is 1. The lowest BCUT2D eigenvalue weighted by Gasteiger charge is -2.09. The molecule has 3 aromatic heterocycles. The quantitative estimate of drug-likeness (QED) is 0.428. The van der Waals surface area contributed by atoms with Crippen molar-refractivity contribution in [1.29, 1.82) is 5.26 Å². The number of H-pyrrole nitrogens is 1. The third-order valence-corrected chi connectivity index (χ3v) is 6.30. The van der Waals surface area contributed by atoms with Gasteiger partial charge >= 0.3 is 0 Å². The highest BCUT2D eigenvalue weighted by atomic mass is 32.2. The molecule has 10 nitrogen and oxygen atoms in total. The van der Waals surface area contributed by atoms with E-state index in [1.807, 2.05) is 13.0 Å². The largest absolute Gasteiger partial charge is 0.497 e. The molecule has 168 valence electrons. The standard InChI is InChI=1S/C22H20N6O4S/c1-3-9-28-20(12-23)25-18-11-17(26-21(18)22(28)29)14-7-8-19(24-13-14)27-33(30,31)16-6-4-5-15(10-16)32-2/h4-8,10-11,13,26H,3,9H2,1-2H3,(H,24,27). The van der Waals surface area contributed by atoms with Crippen LogP contribution >= 0.6 is 0 Å². The molecule has 0 aliphatic heterocycles. The van der Waals surface area contributed by atoms with Gasteiger partial charge in [-0.1, -0.05) is 13.0 Å². The Balaban J connectivity index is 1.64. The molecule has 0 radical (unpaired) electrons. The first-order valence-electron chi connectivity index (χ1n) is 10.0. The van der Waals surface area contributed by atoms with Crippen LogP contribution in [0.3, 0.4) is 0 Å². The molecule has 4 aromatic rings. The second-order valence-corrected chi connectivity index (χ2v) is 8.85. The zero-order valence-electron chi connectivity index (χ0n) is 17.9. The third kappa shape index (κ3) is 4.28. The summed E-state index contributed by atoms with van der Waals surface area (Å²) in [4.78, 5) is 24.3. The maximum atomic E-state index is 12.8. The molecule has 3 heterocycles. The van der Waals surface area contributed by atoms with Crippen molar-refractivity contribution in [2.75, 3.05) is 11.8 Å². The fourth-order valence-electron chi connectivity index (χ4n) is 3.35. The topological polar surface area (TPSA) is 143 Å². The average molecular weight is 465 g/mol. The summed E-state index contributed by atoms with van der Waals surface area (Å²) < 4.78 is 34.1. The number of aromatic nitrogens is 4. The summed E-state index contributed by atoms with van der Waals surface area (Å²) in [6.45, 7) is 2.30. The number of methoxy groups -OCH3 is 1. The Kier molecular flexibility index (Phi) is 5.85. The molecule has 1 aromatic carbocycles. The lowest BCUT2D eigenvalue weighted by molar-refractivity contribution is 0.413. The Hall–Kier alpha value is -4.17. The summed E-state index contributed by atoms with van der Waals surface area (Å²) in [5.41, 5.74) is 1.54. The van der Waals surface area contributed by atoms with Crippen LogP contribution in [0.5, 0.6) is 5.75 Å². The molecule has 0 amide bonds. The van der Waals surface area contributed by atoms with Crippen LogP contribution in [0.15, 0.2) is 58.4 Å². The van der Waals surface area contributed by atoms with E-state index in [0.29, 0.717) is 41.0 Å². The van der Waals surface area contributed by atoms with E-state index in [2.05, 4.69) is 19.7 Å². The van der Waals surface area contributed by atoms with Crippen molar-refractivity contribution in [3.8, 4) is 23.1 Å². The van der Waals surface area contributed by atoms with Gasteiger partial charge in [0.2, 0.25) is 5.82 Å². The number of pyridine rings is 1. The number of hydrogen-bond acceptors (Lipinski definition) is 7. The number of nitriles is 1. The number of anilines is 1. The number of fused-ring (bicyclic) bond motifs is 1. The summed E-state index contributed by atoms with van der Waals surface area (Å²) in [6, 6.07) is 12.9. The minimum Gasteiger partial charge on any atom is -0.497 e. The van der Waals surface area contributed by atoms with E-state index < -0.39 is 10.0 Å². The molecule has 0 saturated heterocycles. The van der Waals surface area contributed by atoms with Gasteiger partial charge in [-0.15, -0.1) is 0 Å². The van der Waals surface area contributed by atoms with Crippen molar-refractivity contribution in [3.05, 3.63) is 64.8 Å². The van der Waals surface area contributed by atoms with Gasteiger partial charge < -0.3 is 9.72 Å². The third-order valence-electron chi connectivity index (χ3n) is 4.95. The van der Waals surface area contributed by atoms with E-state index in [9.17, 15) is 18.5 Å². The van der Waals surface area contributed by atoms with E-state index in [0.717, 1.165) is 0 Å². The second-order valence-electron chi connectivity index (χ2n) is 7.16. The van der Waals surface area contributed by atoms with Crippen molar-refractivity contribution in [2.45, 2.75) is 24.8 Å². The first-order valence-corrected chi connectivity index (χ1v) is 11.5. The van der Waals surface area contributed by atoms with Gasteiger partial charge in [0.1, 0.15) is 23.2 Å². The van der Waals surface area contributed by atoms with Crippen LogP contribution in [0.1, 0.15) is 19.2 Å². The first-order chi connectivity index (χ1) is 15.9. The van der Waals surface area contributed by atoms with E-state index in [4.69, 9.17) is 4.74 Å². The van der Waals surface area contributed by atoms with E-state index >= 15 is 0 Å². The van der Waals surface area contributed by atoms with Crippen LogP contribution < -0.4 is 15.0 Å². The lowest BCUT2D eigenvalue weighted by Crippen LogP contribution is -2.24. The number of hydrogen-bond donors (Lipinski definition) is 2. The summed E-state index contributed by atoms with van der Waals surface area (Å²) >= 11 is 0. The predicted molar refractivity (Wildman–Crippen MR) is 122 cm³/mol. The van der Waals surface area contributed by atoms with Gasteiger partial charge in [-0.05, 0) is 36.8 Å². The van der Waals surface area contributed by atoms with Crippen LogP contribution in [0.2, 0.25) is 0 Å². The average Bonchev–Trinajstić information content (AvgIpc) is 3.25. The Morgan fingerprint density at radius 1 is 1.24 bits per heavy atom. The van der Waals surface area contributed by atoms with Crippen molar-refractivity contribution in [2.24, 2.45) is 0 Å². The van der Waals surface area contributed by atoms with Gasteiger partial charge in [0, 0.05) is 30.1 Å². The molecule has 0 saturated carbocycles. The fourth-order valence-corrected chi connectivity index (χ4v) is 4.39. The molecule has 11 heteroatoms. The van der Waals surface area contributed by atoms with E-state index in [-0.39, 0.29) is 22.1 Å². The molecule has 2 N–H and O–H groups in total. The van der Waals surface area contributed by atoms with Gasteiger partial charge in [-0.3, -0.25) is 14.1 Å². The zero-order valence-corrected chi connectivity index (χ0v) is 18.7. The highest BCUT2D eigenvalue weighted by molar-refractivity contribution is 7.92. The van der Waals surface area contributed by atoms with Crippen LogP contribution in [0.25, 0.3) is 22.3 Å². The smallest absolute Gasteiger partial charge is 0.278 e. The van der Waals surface area contributed by atoms with Crippen molar-refractivity contribution in [1.82, 2.24) is 19.5 Å². The highest BCUT2D eigenvalue weighted by Gasteiger charge is 2.17. The Labute approximate surface area is 189 Å². The monoisotopic (exact) mass is 464 g/mol. The molecule has 0 spiro atoms. The molecule has 0 atom stereocenters. The maximum Gasteiger partial charge on any atom is 0.278 e. The van der Waals surface area contributed by atoms with Crippen molar-refractivity contribution < 1.29 is 13.2 Å². The number of sulfonamides is 1. The van der Waals surface area contributed by atoms with E-state index in [1.165, 1.54) is 36.1 Å². The van der Waals surface area contributed by atoms with Crippen LogP contribution in [-0.2, 0) is 16.6 Å². The molecule has 0 fully saturated rings. The summed E-state index contributed by atoms with van der Waals surface area (Å²) in [6.07, 6.45) is 2.16. The van der Waals surface area contributed by atoms with Gasteiger partial charge in [0.05, 0.1) is 17.5 Å². The van der Waals surface area contributed by atoms with Gasteiger partial charge in [0.15, 0.2) is 0 Å². The Morgan fingerprint density at radius 3 is 2.73 bits per heavy atom. The van der Waals surface area contributed by atoms with Gasteiger partial charge in [-0.25, -0.2) is 18.4 Å². The summed E-state index contributed by atoms with van der Waals surface area (Å²) in [7, 11) is -2.39. The second kappa shape index (κ2) is 8.76. The molecule has 4 rings (SSSR count). The molecule has 0 aliphatic carbocycles.